The zero-order valence-electron chi connectivity index (χ0n) is 12.7. The number of carbonyl (C=O) groups is 2. The third-order valence-electron chi connectivity index (χ3n) is 5.25. The molecule has 118 valence electrons. The van der Waals surface area contributed by atoms with Gasteiger partial charge < -0.3 is 14.9 Å². The van der Waals surface area contributed by atoms with Crippen LogP contribution in [-0.2, 0) is 9.59 Å². The van der Waals surface area contributed by atoms with Crippen LogP contribution in [0.15, 0.2) is 0 Å². The topological polar surface area (TPSA) is 64.1 Å². The zero-order chi connectivity index (χ0) is 15.0. The predicted molar refractivity (Wildman–Crippen MR) is 77.6 cm³/mol. The minimum atomic E-state index is -0.187. The number of rotatable bonds is 2. The zero-order valence-corrected chi connectivity index (χ0v) is 12.7. The Hall–Kier alpha value is -1.14. The fraction of sp³-hybridized carbons (Fsp3) is 0.867. The molecule has 3 heterocycles. The van der Waals surface area contributed by atoms with Gasteiger partial charge in [0.2, 0.25) is 11.8 Å². The molecule has 0 aromatic heterocycles. The highest BCUT2D eigenvalue weighted by molar-refractivity contribution is 5.79. The van der Waals surface area contributed by atoms with Crippen molar-refractivity contribution >= 4 is 11.8 Å². The van der Waals surface area contributed by atoms with Crippen molar-refractivity contribution in [2.24, 2.45) is 0 Å². The highest BCUT2D eigenvalue weighted by atomic mass is 16.3. The average Bonchev–Trinajstić information content (AvgIpc) is 2.70. The van der Waals surface area contributed by atoms with Gasteiger partial charge in [0.1, 0.15) is 0 Å². The molecular formula is C15H25N3O3. The predicted octanol–water partition coefficient (Wildman–Crippen LogP) is -0.335. The number of hydrogen-bond donors (Lipinski definition) is 1. The maximum Gasteiger partial charge on any atom is 0.236 e. The lowest BCUT2D eigenvalue weighted by atomic mass is 10.00. The molecule has 0 aromatic carbocycles. The average molecular weight is 295 g/mol. The summed E-state index contributed by atoms with van der Waals surface area (Å²) < 4.78 is 0. The quantitative estimate of drug-likeness (QED) is 0.757. The first-order valence-electron chi connectivity index (χ1n) is 8.01. The molecule has 0 spiro atoms. The molecule has 21 heavy (non-hydrogen) atoms. The summed E-state index contributed by atoms with van der Waals surface area (Å²) in [5.41, 5.74) is 0. The van der Waals surface area contributed by atoms with E-state index in [1.54, 1.807) is 11.8 Å². The van der Waals surface area contributed by atoms with Crippen molar-refractivity contribution in [2.45, 2.75) is 50.8 Å². The smallest absolute Gasteiger partial charge is 0.236 e. The van der Waals surface area contributed by atoms with Gasteiger partial charge in [0.25, 0.3) is 0 Å². The number of piperidine rings is 1. The van der Waals surface area contributed by atoms with Crippen LogP contribution in [-0.4, -0.2) is 82.5 Å². The van der Waals surface area contributed by atoms with E-state index in [0.29, 0.717) is 44.8 Å². The summed E-state index contributed by atoms with van der Waals surface area (Å²) in [6.07, 6.45) is 3.64. The molecule has 3 aliphatic rings. The monoisotopic (exact) mass is 295 g/mol. The summed E-state index contributed by atoms with van der Waals surface area (Å²) in [6.45, 7) is 4.63. The lowest BCUT2D eigenvalue weighted by Gasteiger charge is -2.39. The van der Waals surface area contributed by atoms with Crippen LogP contribution in [0.3, 0.4) is 0 Å². The number of piperazine rings is 1. The number of aliphatic hydroxyl groups is 1. The second-order valence-corrected chi connectivity index (χ2v) is 6.57. The van der Waals surface area contributed by atoms with Gasteiger partial charge in [0.15, 0.2) is 0 Å². The van der Waals surface area contributed by atoms with E-state index in [-0.39, 0.29) is 17.9 Å². The van der Waals surface area contributed by atoms with Crippen LogP contribution in [0.25, 0.3) is 0 Å². The van der Waals surface area contributed by atoms with Crippen molar-refractivity contribution < 1.29 is 14.7 Å². The summed E-state index contributed by atoms with van der Waals surface area (Å²) in [6, 6.07) is 0.752. The van der Waals surface area contributed by atoms with Crippen LogP contribution in [0.1, 0.15) is 32.6 Å². The Morgan fingerprint density at radius 2 is 1.52 bits per heavy atom. The van der Waals surface area contributed by atoms with Gasteiger partial charge in [-0.2, -0.15) is 0 Å². The Balaban J connectivity index is 1.52. The summed E-state index contributed by atoms with van der Waals surface area (Å²) in [5.74, 6) is 0.261. The van der Waals surface area contributed by atoms with E-state index >= 15 is 0 Å². The summed E-state index contributed by atoms with van der Waals surface area (Å²) in [7, 11) is 0. The molecule has 3 aliphatic heterocycles. The molecule has 0 aromatic rings. The Labute approximate surface area is 125 Å². The van der Waals surface area contributed by atoms with E-state index in [1.165, 1.54) is 0 Å². The first-order valence-corrected chi connectivity index (χ1v) is 8.01. The van der Waals surface area contributed by atoms with Crippen molar-refractivity contribution in [1.82, 2.24) is 14.7 Å². The highest BCUT2D eigenvalue weighted by Crippen LogP contribution is 2.35. The van der Waals surface area contributed by atoms with E-state index in [4.69, 9.17) is 0 Å². The fourth-order valence-electron chi connectivity index (χ4n) is 4.03. The SMILES string of the molecule is CC(=O)N1CCN(C(=O)CN2C3CCC2CC(O)C3)CC1. The second-order valence-electron chi connectivity index (χ2n) is 6.57. The largest absolute Gasteiger partial charge is 0.393 e. The molecule has 6 nitrogen and oxygen atoms in total. The Kier molecular flexibility index (Phi) is 4.17. The molecule has 3 fully saturated rings. The van der Waals surface area contributed by atoms with Gasteiger partial charge in [-0.05, 0) is 25.7 Å². The third kappa shape index (κ3) is 3.06. The maximum absolute atomic E-state index is 12.5. The van der Waals surface area contributed by atoms with E-state index < -0.39 is 0 Å². The summed E-state index contributed by atoms with van der Waals surface area (Å²) in [5, 5.41) is 9.81. The van der Waals surface area contributed by atoms with Gasteiger partial charge in [-0.25, -0.2) is 0 Å². The van der Waals surface area contributed by atoms with Gasteiger partial charge in [-0.15, -0.1) is 0 Å². The van der Waals surface area contributed by atoms with Crippen LogP contribution in [0, 0.1) is 0 Å². The number of amides is 2. The van der Waals surface area contributed by atoms with Gasteiger partial charge >= 0.3 is 0 Å². The number of nitrogens with zero attached hydrogens (tertiary/aromatic N) is 3. The molecule has 6 heteroatoms. The normalized spacial score (nSPS) is 33.3. The molecule has 0 radical (unpaired) electrons. The minimum Gasteiger partial charge on any atom is -0.393 e. The number of hydrogen-bond acceptors (Lipinski definition) is 4. The molecule has 2 amide bonds. The van der Waals surface area contributed by atoms with Crippen molar-refractivity contribution in [1.29, 1.82) is 0 Å². The van der Waals surface area contributed by atoms with E-state index in [9.17, 15) is 14.7 Å². The van der Waals surface area contributed by atoms with Gasteiger partial charge in [0.05, 0.1) is 12.6 Å². The van der Waals surface area contributed by atoms with Crippen LogP contribution in [0.2, 0.25) is 0 Å². The van der Waals surface area contributed by atoms with Gasteiger partial charge in [-0.3, -0.25) is 14.5 Å². The lowest BCUT2D eigenvalue weighted by molar-refractivity contribution is -0.140. The van der Waals surface area contributed by atoms with E-state index in [1.807, 2.05) is 4.90 Å². The minimum absolute atomic E-state index is 0.0881. The van der Waals surface area contributed by atoms with Crippen molar-refractivity contribution in [3.05, 3.63) is 0 Å². The molecule has 0 saturated carbocycles. The van der Waals surface area contributed by atoms with Gasteiger partial charge in [-0.1, -0.05) is 0 Å². The molecular weight excluding hydrogens is 270 g/mol. The van der Waals surface area contributed by atoms with Crippen molar-refractivity contribution in [3.8, 4) is 0 Å². The first-order chi connectivity index (χ1) is 10.0. The Bertz CT molecular complexity index is 406. The molecule has 2 atom stereocenters. The third-order valence-corrected chi connectivity index (χ3v) is 5.25. The van der Waals surface area contributed by atoms with Crippen LogP contribution < -0.4 is 0 Å². The molecule has 2 bridgehead atoms. The molecule has 2 unspecified atom stereocenters. The van der Waals surface area contributed by atoms with Gasteiger partial charge in [0, 0.05) is 45.2 Å². The molecule has 1 N–H and O–H groups in total. The van der Waals surface area contributed by atoms with Crippen molar-refractivity contribution in [2.75, 3.05) is 32.7 Å². The van der Waals surface area contributed by atoms with Crippen LogP contribution in [0.4, 0.5) is 0 Å². The maximum atomic E-state index is 12.5. The molecule has 0 aliphatic carbocycles. The highest BCUT2D eigenvalue weighted by Gasteiger charge is 2.41. The Morgan fingerprint density at radius 1 is 1.00 bits per heavy atom. The number of aliphatic hydroxyl groups excluding tert-OH is 1. The first kappa shape index (κ1) is 14.8. The van der Waals surface area contributed by atoms with Crippen LogP contribution >= 0.6 is 0 Å². The number of carbonyl (C=O) groups excluding carboxylic acids is 2. The standard InChI is InChI=1S/C15H25N3O3/c1-11(19)16-4-6-17(7-5-16)15(21)10-18-12-2-3-13(18)9-14(20)8-12/h12-14,20H,2-10H2,1H3. The molecule has 3 rings (SSSR count). The fourth-order valence-corrected chi connectivity index (χ4v) is 4.03. The van der Waals surface area contributed by atoms with E-state index in [0.717, 1.165) is 25.7 Å². The number of fused-ring (bicyclic) bond motifs is 2. The van der Waals surface area contributed by atoms with E-state index in [2.05, 4.69) is 4.90 Å². The summed E-state index contributed by atoms with van der Waals surface area (Å²) >= 11 is 0. The summed E-state index contributed by atoms with van der Waals surface area (Å²) in [4.78, 5) is 29.7. The van der Waals surface area contributed by atoms with Crippen molar-refractivity contribution in [3.63, 3.8) is 0 Å². The molecule has 3 saturated heterocycles. The lowest BCUT2D eigenvalue weighted by Crippen LogP contribution is -2.54. The Morgan fingerprint density at radius 3 is 2.05 bits per heavy atom. The second kappa shape index (κ2) is 5.93. The van der Waals surface area contributed by atoms with Crippen LogP contribution in [0.5, 0.6) is 0 Å².